The first-order valence-corrected chi connectivity index (χ1v) is 6.15. The molecule has 1 aromatic carbocycles. The van der Waals surface area contributed by atoms with E-state index in [0.717, 1.165) is 12.8 Å². The maximum absolute atomic E-state index is 11.8. The Labute approximate surface area is 102 Å². The van der Waals surface area contributed by atoms with Crippen LogP contribution in [0.5, 0.6) is 0 Å². The molecule has 0 bridgehead atoms. The lowest BCUT2D eigenvalue weighted by Gasteiger charge is -2.38. The average molecular weight is 233 g/mol. The molecule has 3 heteroatoms. The summed E-state index contributed by atoms with van der Waals surface area (Å²) >= 11 is 0. The second-order valence-electron chi connectivity index (χ2n) is 4.79. The molecule has 1 fully saturated rings. The van der Waals surface area contributed by atoms with E-state index in [0.29, 0.717) is 6.61 Å². The Morgan fingerprint density at radius 2 is 2.12 bits per heavy atom. The number of carbonyl (C=O) groups is 1. The van der Waals surface area contributed by atoms with Crippen molar-refractivity contribution >= 4 is 5.97 Å². The molecule has 2 rings (SSSR count). The van der Waals surface area contributed by atoms with Crippen LogP contribution in [0, 0.1) is 0 Å². The zero-order valence-electron chi connectivity index (χ0n) is 10.4. The molecule has 2 atom stereocenters. The number of carbonyl (C=O) groups excluding carboxylic acids is 1. The van der Waals surface area contributed by atoms with Gasteiger partial charge in [-0.15, -0.1) is 0 Å². The highest BCUT2D eigenvalue weighted by Crippen LogP contribution is 2.26. The molecule has 1 aliphatic rings. The summed E-state index contributed by atoms with van der Waals surface area (Å²) in [5, 5.41) is 3.42. The van der Waals surface area contributed by atoms with Crippen LogP contribution in [0.25, 0.3) is 0 Å². The number of benzene rings is 1. The van der Waals surface area contributed by atoms with Crippen molar-refractivity contribution in [1.82, 2.24) is 5.32 Å². The number of hydrogen-bond donors (Lipinski definition) is 1. The van der Waals surface area contributed by atoms with Crippen molar-refractivity contribution in [3.05, 3.63) is 35.9 Å². The van der Waals surface area contributed by atoms with Gasteiger partial charge in [0.1, 0.15) is 12.1 Å². The second kappa shape index (κ2) is 4.88. The smallest absolute Gasteiger partial charge is 0.326 e. The van der Waals surface area contributed by atoms with Gasteiger partial charge in [0, 0.05) is 0 Å². The number of nitrogens with one attached hydrogen (secondary N) is 1. The monoisotopic (exact) mass is 233 g/mol. The van der Waals surface area contributed by atoms with E-state index in [4.69, 9.17) is 4.74 Å². The fraction of sp³-hybridized carbons (Fsp3) is 0.500. The van der Waals surface area contributed by atoms with Gasteiger partial charge in [0.25, 0.3) is 0 Å². The van der Waals surface area contributed by atoms with Gasteiger partial charge >= 0.3 is 5.97 Å². The molecular weight excluding hydrogens is 214 g/mol. The van der Waals surface area contributed by atoms with Crippen LogP contribution in [0.3, 0.4) is 0 Å². The lowest BCUT2D eigenvalue weighted by atomic mass is 9.92. The third kappa shape index (κ3) is 2.50. The van der Waals surface area contributed by atoms with Gasteiger partial charge in [-0.3, -0.25) is 10.1 Å². The zero-order valence-corrected chi connectivity index (χ0v) is 10.4. The average Bonchev–Trinajstić information content (AvgIpc) is 2.34. The van der Waals surface area contributed by atoms with Crippen molar-refractivity contribution in [2.45, 2.75) is 38.3 Å². The maximum Gasteiger partial charge on any atom is 0.326 e. The van der Waals surface area contributed by atoms with Crippen molar-refractivity contribution in [1.29, 1.82) is 0 Å². The van der Waals surface area contributed by atoms with Gasteiger partial charge in [-0.05, 0) is 18.9 Å². The van der Waals surface area contributed by atoms with Crippen molar-refractivity contribution in [3.63, 3.8) is 0 Å². The Morgan fingerprint density at radius 1 is 1.41 bits per heavy atom. The SMILES string of the molecule is CCC[C@@]1(C)N[C@H](c2ccccc2)COC1=O. The maximum atomic E-state index is 11.8. The van der Waals surface area contributed by atoms with Gasteiger partial charge in [-0.2, -0.15) is 0 Å². The summed E-state index contributed by atoms with van der Waals surface area (Å²) in [6, 6.07) is 10.2. The molecule has 1 N–H and O–H groups in total. The molecule has 17 heavy (non-hydrogen) atoms. The number of rotatable bonds is 3. The van der Waals surface area contributed by atoms with E-state index < -0.39 is 5.54 Å². The van der Waals surface area contributed by atoms with E-state index in [-0.39, 0.29) is 12.0 Å². The first-order chi connectivity index (χ1) is 8.15. The van der Waals surface area contributed by atoms with Crippen molar-refractivity contribution in [2.75, 3.05) is 6.61 Å². The molecule has 3 nitrogen and oxygen atoms in total. The standard InChI is InChI=1S/C14H19NO2/c1-3-9-14(2)13(16)17-10-12(15-14)11-7-5-4-6-8-11/h4-8,12,15H,3,9-10H2,1-2H3/t12-,14+/m0/s1. The second-order valence-corrected chi connectivity index (χ2v) is 4.79. The van der Waals surface area contributed by atoms with E-state index in [2.05, 4.69) is 24.4 Å². The number of morpholine rings is 1. The molecule has 0 spiro atoms. The van der Waals surface area contributed by atoms with Crippen LogP contribution in [-0.2, 0) is 9.53 Å². The zero-order chi connectivity index (χ0) is 12.3. The van der Waals surface area contributed by atoms with Gasteiger partial charge in [-0.1, -0.05) is 43.7 Å². The van der Waals surface area contributed by atoms with E-state index in [1.54, 1.807) is 0 Å². The predicted octanol–water partition coefficient (Wildman–Crippen LogP) is 2.43. The summed E-state index contributed by atoms with van der Waals surface area (Å²) < 4.78 is 5.31. The van der Waals surface area contributed by atoms with Gasteiger partial charge < -0.3 is 4.74 Å². The highest BCUT2D eigenvalue weighted by Gasteiger charge is 2.40. The Hall–Kier alpha value is -1.35. The molecule has 0 amide bonds. The van der Waals surface area contributed by atoms with Crippen LogP contribution in [0.1, 0.15) is 38.3 Å². The fourth-order valence-corrected chi connectivity index (χ4v) is 2.34. The molecule has 1 aliphatic heterocycles. The molecule has 0 aliphatic carbocycles. The van der Waals surface area contributed by atoms with Crippen LogP contribution in [0.15, 0.2) is 30.3 Å². The first-order valence-electron chi connectivity index (χ1n) is 6.15. The minimum Gasteiger partial charge on any atom is -0.462 e. The van der Waals surface area contributed by atoms with E-state index in [1.165, 1.54) is 5.56 Å². The molecular formula is C14H19NO2. The largest absolute Gasteiger partial charge is 0.462 e. The fourth-order valence-electron chi connectivity index (χ4n) is 2.34. The summed E-state index contributed by atoms with van der Waals surface area (Å²) in [5.74, 6) is -0.133. The summed E-state index contributed by atoms with van der Waals surface area (Å²) in [4.78, 5) is 11.8. The molecule has 1 heterocycles. The Morgan fingerprint density at radius 3 is 2.76 bits per heavy atom. The highest BCUT2D eigenvalue weighted by atomic mass is 16.5. The molecule has 0 unspecified atom stereocenters. The van der Waals surface area contributed by atoms with Gasteiger partial charge in [0.2, 0.25) is 0 Å². The summed E-state index contributed by atoms with van der Waals surface area (Å²) in [6.45, 7) is 4.42. The minimum atomic E-state index is -0.548. The summed E-state index contributed by atoms with van der Waals surface area (Å²) in [6.07, 6.45) is 1.76. The lowest BCUT2D eigenvalue weighted by molar-refractivity contribution is -0.158. The molecule has 0 aromatic heterocycles. The minimum absolute atomic E-state index is 0.102. The first kappa shape index (κ1) is 12.1. The third-order valence-electron chi connectivity index (χ3n) is 3.28. The van der Waals surface area contributed by atoms with E-state index in [9.17, 15) is 4.79 Å². The van der Waals surface area contributed by atoms with Crippen LogP contribution in [-0.4, -0.2) is 18.1 Å². The van der Waals surface area contributed by atoms with Gasteiger partial charge in [0.15, 0.2) is 0 Å². The lowest BCUT2D eigenvalue weighted by Crippen LogP contribution is -2.56. The Balaban J connectivity index is 2.16. The van der Waals surface area contributed by atoms with E-state index in [1.807, 2.05) is 25.1 Å². The predicted molar refractivity (Wildman–Crippen MR) is 66.6 cm³/mol. The van der Waals surface area contributed by atoms with Crippen LogP contribution >= 0.6 is 0 Å². The topological polar surface area (TPSA) is 38.3 Å². The molecule has 0 saturated carbocycles. The van der Waals surface area contributed by atoms with Crippen molar-refractivity contribution in [2.24, 2.45) is 0 Å². The van der Waals surface area contributed by atoms with E-state index >= 15 is 0 Å². The molecule has 1 aromatic rings. The molecule has 0 radical (unpaired) electrons. The number of ether oxygens (including phenoxy) is 1. The van der Waals surface area contributed by atoms with Crippen LogP contribution in [0.4, 0.5) is 0 Å². The number of hydrogen-bond acceptors (Lipinski definition) is 3. The number of esters is 1. The Bertz CT molecular complexity index is 390. The van der Waals surface area contributed by atoms with Gasteiger partial charge in [0.05, 0.1) is 6.04 Å². The molecule has 1 saturated heterocycles. The molecule has 92 valence electrons. The van der Waals surface area contributed by atoms with Crippen LogP contribution < -0.4 is 5.32 Å². The van der Waals surface area contributed by atoms with Crippen molar-refractivity contribution in [3.8, 4) is 0 Å². The summed E-state index contributed by atoms with van der Waals surface area (Å²) in [7, 11) is 0. The normalized spacial score (nSPS) is 28.8. The quantitative estimate of drug-likeness (QED) is 0.815. The van der Waals surface area contributed by atoms with Crippen molar-refractivity contribution < 1.29 is 9.53 Å². The third-order valence-corrected chi connectivity index (χ3v) is 3.28. The highest BCUT2D eigenvalue weighted by molar-refractivity contribution is 5.81. The van der Waals surface area contributed by atoms with Crippen LogP contribution in [0.2, 0.25) is 0 Å². The van der Waals surface area contributed by atoms with Gasteiger partial charge in [-0.25, -0.2) is 0 Å². The number of cyclic esters (lactones) is 1. The Kier molecular flexibility index (Phi) is 3.48. The summed E-state index contributed by atoms with van der Waals surface area (Å²) in [5.41, 5.74) is 0.621.